The van der Waals surface area contributed by atoms with Crippen LogP contribution in [-0.4, -0.2) is 34.5 Å². The number of nitrogens with zero attached hydrogens (tertiary/aromatic N) is 1. The summed E-state index contributed by atoms with van der Waals surface area (Å²) in [5.41, 5.74) is 2.03. The van der Waals surface area contributed by atoms with Gasteiger partial charge in [0.15, 0.2) is 0 Å². The third-order valence-corrected chi connectivity index (χ3v) is 2.74. The van der Waals surface area contributed by atoms with Gasteiger partial charge in [0.1, 0.15) is 0 Å². The first-order chi connectivity index (χ1) is 9.40. The predicted octanol–water partition coefficient (Wildman–Crippen LogP) is 1.53. The Labute approximate surface area is 117 Å². The normalized spacial score (nSPS) is 9.90. The van der Waals surface area contributed by atoms with Gasteiger partial charge in [0.05, 0.1) is 6.42 Å². The molecule has 0 radical (unpaired) electrons. The molecular formula is C14H18N2O4. The molecule has 0 spiro atoms. The van der Waals surface area contributed by atoms with E-state index in [1.54, 1.807) is 0 Å². The van der Waals surface area contributed by atoms with Crippen LogP contribution in [-0.2, 0) is 16.1 Å². The number of hydrogen-bond acceptors (Lipinski definition) is 3. The lowest BCUT2D eigenvalue weighted by atomic mass is 10.1. The number of urea groups is 1. The summed E-state index contributed by atoms with van der Waals surface area (Å²) >= 11 is 0. The first kappa shape index (κ1) is 15.7. The van der Waals surface area contributed by atoms with E-state index in [1.807, 2.05) is 31.2 Å². The molecule has 20 heavy (non-hydrogen) atoms. The van der Waals surface area contributed by atoms with E-state index < -0.39 is 17.9 Å². The molecular weight excluding hydrogens is 260 g/mol. The molecule has 6 nitrogen and oxygen atoms in total. The van der Waals surface area contributed by atoms with Crippen molar-refractivity contribution in [3.63, 3.8) is 0 Å². The Hall–Kier alpha value is -2.37. The van der Waals surface area contributed by atoms with Crippen LogP contribution >= 0.6 is 0 Å². The molecule has 1 aromatic rings. The molecule has 0 aromatic heterocycles. The first-order valence-electron chi connectivity index (χ1n) is 6.23. The van der Waals surface area contributed by atoms with E-state index in [0.717, 1.165) is 16.0 Å². The van der Waals surface area contributed by atoms with Gasteiger partial charge in [-0.2, -0.15) is 0 Å². The van der Waals surface area contributed by atoms with Crippen LogP contribution < -0.4 is 5.32 Å². The Bertz CT molecular complexity index is 496. The number of carbonyl (C=O) groups excluding carboxylic acids is 2. The average molecular weight is 278 g/mol. The number of carbonyl (C=O) groups is 3. The fraction of sp³-hybridized carbons (Fsp3) is 0.357. The second kappa shape index (κ2) is 7.28. The first-order valence-corrected chi connectivity index (χ1v) is 6.23. The molecule has 0 bridgehead atoms. The Morgan fingerprint density at radius 1 is 1.20 bits per heavy atom. The van der Waals surface area contributed by atoms with Crippen LogP contribution in [0.25, 0.3) is 0 Å². The number of nitrogens with one attached hydrogen (secondary N) is 1. The van der Waals surface area contributed by atoms with Gasteiger partial charge in [0.25, 0.3) is 0 Å². The zero-order chi connectivity index (χ0) is 15.1. The standard InChI is InChI=1S/C14H18N2O4/c1-10-3-5-12(6-4-10)9-15-14(20)16(11(2)17)8-7-13(18)19/h3-6H,7-9H2,1-2H3,(H,15,20)(H,18,19). The molecule has 0 aliphatic carbocycles. The van der Waals surface area contributed by atoms with Crippen LogP contribution in [0.2, 0.25) is 0 Å². The lowest BCUT2D eigenvalue weighted by Crippen LogP contribution is -2.43. The molecule has 6 heteroatoms. The molecule has 0 saturated carbocycles. The lowest BCUT2D eigenvalue weighted by Gasteiger charge is -2.18. The number of rotatable bonds is 5. The third-order valence-electron chi connectivity index (χ3n) is 2.74. The van der Waals surface area contributed by atoms with Crippen molar-refractivity contribution in [3.05, 3.63) is 35.4 Å². The fourth-order valence-corrected chi connectivity index (χ4v) is 1.59. The van der Waals surface area contributed by atoms with Crippen molar-refractivity contribution >= 4 is 17.9 Å². The predicted molar refractivity (Wildman–Crippen MR) is 73.1 cm³/mol. The van der Waals surface area contributed by atoms with Crippen molar-refractivity contribution in [2.24, 2.45) is 0 Å². The van der Waals surface area contributed by atoms with E-state index in [-0.39, 0.29) is 19.5 Å². The van der Waals surface area contributed by atoms with Gasteiger partial charge in [-0.15, -0.1) is 0 Å². The number of hydrogen-bond donors (Lipinski definition) is 2. The van der Waals surface area contributed by atoms with Gasteiger partial charge in [0.2, 0.25) is 5.91 Å². The van der Waals surface area contributed by atoms with Gasteiger partial charge >= 0.3 is 12.0 Å². The summed E-state index contributed by atoms with van der Waals surface area (Å²) < 4.78 is 0. The van der Waals surface area contributed by atoms with E-state index in [2.05, 4.69) is 5.32 Å². The smallest absolute Gasteiger partial charge is 0.324 e. The maximum Gasteiger partial charge on any atom is 0.324 e. The quantitative estimate of drug-likeness (QED) is 0.855. The maximum atomic E-state index is 11.8. The molecule has 1 rings (SSSR count). The topological polar surface area (TPSA) is 86.7 Å². The highest BCUT2D eigenvalue weighted by atomic mass is 16.4. The molecule has 3 amide bonds. The largest absolute Gasteiger partial charge is 0.481 e. The number of carboxylic acid groups (broad SMARTS) is 1. The van der Waals surface area contributed by atoms with Gasteiger partial charge in [-0.3, -0.25) is 14.5 Å². The summed E-state index contributed by atoms with van der Waals surface area (Å²) in [4.78, 5) is 34.5. The van der Waals surface area contributed by atoms with Gasteiger partial charge in [-0.1, -0.05) is 29.8 Å². The van der Waals surface area contributed by atoms with Gasteiger partial charge in [0, 0.05) is 20.0 Å². The second-order valence-electron chi connectivity index (χ2n) is 4.46. The molecule has 2 N–H and O–H groups in total. The molecule has 1 aromatic carbocycles. The van der Waals surface area contributed by atoms with Crippen molar-refractivity contribution < 1.29 is 19.5 Å². The van der Waals surface area contributed by atoms with Crippen molar-refractivity contribution in [3.8, 4) is 0 Å². The number of carboxylic acids is 1. The summed E-state index contributed by atoms with van der Waals surface area (Å²) in [5, 5.41) is 11.2. The fourth-order valence-electron chi connectivity index (χ4n) is 1.59. The highest BCUT2D eigenvalue weighted by molar-refractivity contribution is 5.93. The molecule has 0 atom stereocenters. The number of amides is 3. The Morgan fingerprint density at radius 2 is 1.80 bits per heavy atom. The zero-order valence-corrected chi connectivity index (χ0v) is 11.5. The van der Waals surface area contributed by atoms with Gasteiger partial charge in [-0.05, 0) is 12.5 Å². The van der Waals surface area contributed by atoms with Crippen LogP contribution in [0.4, 0.5) is 4.79 Å². The molecule has 0 aliphatic rings. The summed E-state index contributed by atoms with van der Waals surface area (Å²) in [7, 11) is 0. The minimum Gasteiger partial charge on any atom is -0.481 e. The number of aliphatic carboxylic acids is 1. The maximum absolute atomic E-state index is 11.8. The van der Waals surface area contributed by atoms with Crippen molar-refractivity contribution in [2.45, 2.75) is 26.8 Å². The molecule has 0 heterocycles. The molecule has 108 valence electrons. The summed E-state index contributed by atoms with van der Waals surface area (Å²) in [6.45, 7) is 3.35. The minimum atomic E-state index is -1.05. The Balaban J connectivity index is 2.55. The molecule has 0 fully saturated rings. The second-order valence-corrected chi connectivity index (χ2v) is 4.46. The van der Waals surface area contributed by atoms with Gasteiger partial charge in [-0.25, -0.2) is 4.79 Å². The Morgan fingerprint density at radius 3 is 2.30 bits per heavy atom. The van der Waals surface area contributed by atoms with Crippen molar-refractivity contribution in [2.75, 3.05) is 6.54 Å². The van der Waals surface area contributed by atoms with Crippen LogP contribution in [0.5, 0.6) is 0 Å². The van der Waals surface area contributed by atoms with E-state index in [4.69, 9.17) is 5.11 Å². The summed E-state index contributed by atoms with van der Waals surface area (Å²) in [5.74, 6) is -1.53. The van der Waals surface area contributed by atoms with Crippen molar-refractivity contribution in [1.29, 1.82) is 0 Å². The van der Waals surface area contributed by atoms with Crippen LogP contribution in [0.1, 0.15) is 24.5 Å². The highest BCUT2D eigenvalue weighted by Gasteiger charge is 2.18. The SMILES string of the molecule is CC(=O)N(CCC(=O)O)C(=O)NCc1ccc(C)cc1. The zero-order valence-electron chi connectivity index (χ0n) is 11.5. The van der Waals surface area contributed by atoms with Crippen molar-refractivity contribution in [1.82, 2.24) is 10.2 Å². The lowest BCUT2D eigenvalue weighted by molar-refractivity contribution is -0.137. The number of imide groups is 1. The van der Waals surface area contributed by atoms with Crippen LogP contribution in [0.3, 0.4) is 0 Å². The van der Waals surface area contributed by atoms with E-state index >= 15 is 0 Å². The molecule has 0 saturated heterocycles. The van der Waals surface area contributed by atoms with E-state index in [0.29, 0.717) is 0 Å². The third kappa shape index (κ3) is 5.09. The van der Waals surface area contributed by atoms with Crippen LogP contribution in [0, 0.1) is 6.92 Å². The molecule has 0 unspecified atom stereocenters. The highest BCUT2D eigenvalue weighted by Crippen LogP contribution is 2.03. The Kier molecular flexibility index (Phi) is 5.71. The monoisotopic (exact) mass is 278 g/mol. The molecule has 0 aliphatic heterocycles. The van der Waals surface area contributed by atoms with Crippen LogP contribution in [0.15, 0.2) is 24.3 Å². The average Bonchev–Trinajstić information content (AvgIpc) is 2.37. The van der Waals surface area contributed by atoms with E-state index in [1.165, 1.54) is 6.92 Å². The minimum absolute atomic E-state index is 0.135. The summed E-state index contributed by atoms with van der Waals surface area (Å²) in [6, 6.07) is 7.03. The number of benzene rings is 1. The van der Waals surface area contributed by atoms with E-state index in [9.17, 15) is 14.4 Å². The number of aryl methyl sites for hydroxylation is 1. The van der Waals surface area contributed by atoms with Gasteiger partial charge < -0.3 is 10.4 Å². The summed E-state index contributed by atoms with van der Waals surface area (Å²) in [6.07, 6.45) is -0.266.